The SMILES string of the molecule is CCCC1C=C(OC)CNC1. The zero-order valence-corrected chi connectivity index (χ0v) is 7.39. The topological polar surface area (TPSA) is 21.3 Å². The van der Waals surface area contributed by atoms with Gasteiger partial charge in [-0.05, 0) is 18.4 Å². The van der Waals surface area contributed by atoms with Crippen LogP contribution < -0.4 is 5.32 Å². The molecule has 1 unspecified atom stereocenters. The molecule has 0 amide bonds. The van der Waals surface area contributed by atoms with Gasteiger partial charge >= 0.3 is 0 Å². The van der Waals surface area contributed by atoms with Gasteiger partial charge in [-0.2, -0.15) is 0 Å². The molecular formula is C9H17NO. The Balaban J connectivity index is 2.41. The number of rotatable bonds is 3. The van der Waals surface area contributed by atoms with Crippen LogP contribution >= 0.6 is 0 Å². The summed E-state index contributed by atoms with van der Waals surface area (Å²) in [4.78, 5) is 0. The molecule has 1 rings (SSSR count). The lowest BCUT2D eigenvalue weighted by atomic mass is 10.0. The second-order valence-corrected chi connectivity index (χ2v) is 3.02. The standard InChI is InChI=1S/C9H17NO/c1-3-4-8-5-9(11-2)7-10-6-8/h5,8,10H,3-4,6-7H2,1-2H3. The molecule has 64 valence electrons. The molecule has 0 aromatic heterocycles. The van der Waals surface area contributed by atoms with Crippen molar-refractivity contribution in [3.63, 3.8) is 0 Å². The van der Waals surface area contributed by atoms with Crippen LogP contribution in [0.5, 0.6) is 0 Å². The van der Waals surface area contributed by atoms with Gasteiger partial charge in [-0.3, -0.25) is 0 Å². The van der Waals surface area contributed by atoms with Crippen LogP contribution in [0.15, 0.2) is 11.8 Å². The number of ether oxygens (including phenoxy) is 1. The van der Waals surface area contributed by atoms with Crippen molar-refractivity contribution >= 4 is 0 Å². The third-order valence-corrected chi connectivity index (χ3v) is 2.05. The average Bonchev–Trinajstić information content (AvgIpc) is 2.06. The van der Waals surface area contributed by atoms with E-state index in [1.54, 1.807) is 7.11 Å². The summed E-state index contributed by atoms with van der Waals surface area (Å²) in [6, 6.07) is 0. The Hall–Kier alpha value is -0.500. The molecule has 1 N–H and O–H groups in total. The molecule has 1 heterocycles. The van der Waals surface area contributed by atoms with Crippen molar-refractivity contribution in [1.82, 2.24) is 5.32 Å². The van der Waals surface area contributed by atoms with E-state index in [-0.39, 0.29) is 0 Å². The molecule has 1 aliphatic heterocycles. The number of methoxy groups -OCH3 is 1. The summed E-state index contributed by atoms with van der Waals surface area (Å²) in [6.45, 7) is 4.23. The van der Waals surface area contributed by atoms with Gasteiger partial charge in [0.05, 0.1) is 13.7 Å². The van der Waals surface area contributed by atoms with Gasteiger partial charge in [0.1, 0.15) is 5.76 Å². The third kappa shape index (κ3) is 2.54. The summed E-state index contributed by atoms with van der Waals surface area (Å²) in [7, 11) is 1.74. The average molecular weight is 155 g/mol. The number of hydrogen-bond donors (Lipinski definition) is 1. The van der Waals surface area contributed by atoms with Gasteiger partial charge in [0.15, 0.2) is 0 Å². The van der Waals surface area contributed by atoms with E-state index in [0.29, 0.717) is 5.92 Å². The molecule has 2 heteroatoms. The Bertz CT molecular complexity index is 142. The molecular weight excluding hydrogens is 138 g/mol. The molecule has 2 nitrogen and oxygen atoms in total. The summed E-state index contributed by atoms with van der Waals surface area (Å²) in [5, 5.41) is 3.33. The number of nitrogens with one attached hydrogen (secondary N) is 1. The van der Waals surface area contributed by atoms with Crippen LogP contribution in [0.2, 0.25) is 0 Å². The molecule has 1 aliphatic rings. The zero-order chi connectivity index (χ0) is 8.10. The highest BCUT2D eigenvalue weighted by atomic mass is 16.5. The first-order chi connectivity index (χ1) is 5.36. The summed E-state index contributed by atoms with van der Waals surface area (Å²) < 4.78 is 5.17. The van der Waals surface area contributed by atoms with Crippen LogP contribution in [-0.2, 0) is 4.74 Å². The minimum absolute atomic E-state index is 0.684. The van der Waals surface area contributed by atoms with Gasteiger partial charge in [0.25, 0.3) is 0 Å². The molecule has 0 spiro atoms. The fraction of sp³-hybridized carbons (Fsp3) is 0.778. The maximum atomic E-state index is 5.17. The Morgan fingerprint density at radius 1 is 1.73 bits per heavy atom. The smallest absolute Gasteiger partial charge is 0.106 e. The highest BCUT2D eigenvalue weighted by Crippen LogP contribution is 2.13. The Kier molecular flexibility index (Phi) is 3.43. The van der Waals surface area contributed by atoms with E-state index in [1.165, 1.54) is 12.8 Å². The fourth-order valence-corrected chi connectivity index (χ4v) is 1.46. The lowest BCUT2D eigenvalue weighted by molar-refractivity contribution is 0.262. The monoisotopic (exact) mass is 155 g/mol. The van der Waals surface area contributed by atoms with Crippen molar-refractivity contribution in [2.45, 2.75) is 19.8 Å². The summed E-state index contributed by atoms with van der Waals surface area (Å²) in [5.74, 6) is 1.78. The summed E-state index contributed by atoms with van der Waals surface area (Å²) in [6.07, 6.45) is 4.76. The van der Waals surface area contributed by atoms with Crippen LogP contribution in [-0.4, -0.2) is 20.2 Å². The van der Waals surface area contributed by atoms with E-state index < -0.39 is 0 Å². The van der Waals surface area contributed by atoms with Gasteiger partial charge in [0, 0.05) is 6.54 Å². The van der Waals surface area contributed by atoms with E-state index in [4.69, 9.17) is 4.74 Å². The summed E-state index contributed by atoms with van der Waals surface area (Å²) >= 11 is 0. The van der Waals surface area contributed by atoms with Crippen LogP contribution in [0.3, 0.4) is 0 Å². The fourth-order valence-electron chi connectivity index (χ4n) is 1.46. The minimum atomic E-state index is 0.684. The Morgan fingerprint density at radius 2 is 2.55 bits per heavy atom. The van der Waals surface area contributed by atoms with Gasteiger partial charge in [-0.25, -0.2) is 0 Å². The first-order valence-corrected chi connectivity index (χ1v) is 4.32. The van der Waals surface area contributed by atoms with Crippen molar-refractivity contribution in [2.24, 2.45) is 5.92 Å². The van der Waals surface area contributed by atoms with E-state index in [9.17, 15) is 0 Å². The predicted molar refractivity (Wildman–Crippen MR) is 46.4 cm³/mol. The maximum Gasteiger partial charge on any atom is 0.106 e. The largest absolute Gasteiger partial charge is 0.500 e. The van der Waals surface area contributed by atoms with Crippen molar-refractivity contribution in [2.75, 3.05) is 20.2 Å². The molecule has 0 aliphatic carbocycles. The second kappa shape index (κ2) is 4.39. The number of hydrogen-bond acceptors (Lipinski definition) is 2. The van der Waals surface area contributed by atoms with Gasteiger partial charge in [-0.1, -0.05) is 13.3 Å². The normalized spacial score (nSPS) is 24.5. The molecule has 0 fully saturated rings. The third-order valence-electron chi connectivity index (χ3n) is 2.05. The first kappa shape index (κ1) is 8.60. The van der Waals surface area contributed by atoms with Crippen molar-refractivity contribution in [3.8, 4) is 0 Å². The van der Waals surface area contributed by atoms with E-state index in [1.807, 2.05) is 0 Å². The molecule has 1 atom stereocenters. The van der Waals surface area contributed by atoms with Crippen LogP contribution in [0, 0.1) is 5.92 Å². The minimum Gasteiger partial charge on any atom is -0.500 e. The molecule has 0 aromatic carbocycles. The maximum absolute atomic E-state index is 5.17. The van der Waals surface area contributed by atoms with Crippen LogP contribution in [0.4, 0.5) is 0 Å². The first-order valence-electron chi connectivity index (χ1n) is 4.32. The Morgan fingerprint density at radius 3 is 3.18 bits per heavy atom. The molecule has 0 radical (unpaired) electrons. The lowest BCUT2D eigenvalue weighted by Gasteiger charge is -2.20. The van der Waals surface area contributed by atoms with Crippen molar-refractivity contribution < 1.29 is 4.74 Å². The van der Waals surface area contributed by atoms with Crippen LogP contribution in [0.1, 0.15) is 19.8 Å². The molecule has 0 saturated carbocycles. The molecule has 0 aromatic rings. The van der Waals surface area contributed by atoms with Crippen molar-refractivity contribution in [1.29, 1.82) is 0 Å². The van der Waals surface area contributed by atoms with Gasteiger partial charge in [0.2, 0.25) is 0 Å². The molecule has 0 bridgehead atoms. The summed E-state index contributed by atoms with van der Waals surface area (Å²) in [5.41, 5.74) is 0. The van der Waals surface area contributed by atoms with Crippen LogP contribution in [0.25, 0.3) is 0 Å². The van der Waals surface area contributed by atoms with Crippen molar-refractivity contribution in [3.05, 3.63) is 11.8 Å². The van der Waals surface area contributed by atoms with Gasteiger partial charge < -0.3 is 10.1 Å². The van der Waals surface area contributed by atoms with E-state index in [0.717, 1.165) is 18.8 Å². The highest BCUT2D eigenvalue weighted by Gasteiger charge is 2.11. The van der Waals surface area contributed by atoms with Gasteiger partial charge in [-0.15, -0.1) is 0 Å². The van der Waals surface area contributed by atoms with E-state index >= 15 is 0 Å². The Labute approximate surface area is 68.6 Å². The van der Waals surface area contributed by atoms with E-state index in [2.05, 4.69) is 18.3 Å². The lowest BCUT2D eigenvalue weighted by Crippen LogP contribution is -2.29. The highest BCUT2D eigenvalue weighted by molar-refractivity contribution is 5.03. The quantitative estimate of drug-likeness (QED) is 0.667. The molecule has 0 saturated heterocycles. The molecule has 11 heavy (non-hydrogen) atoms. The predicted octanol–water partition coefficient (Wildman–Crippen LogP) is 1.54. The zero-order valence-electron chi connectivity index (χ0n) is 7.39. The second-order valence-electron chi connectivity index (χ2n) is 3.02.